The molecule has 0 spiro atoms. The Kier molecular flexibility index (Phi) is 9.43. The van der Waals surface area contributed by atoms with Gasteiger partial charge in [-0.25, -0.2) is 14.2 Å². The molecule has 12 heteroatoms. The number of carbonyl (C=O) groups excluding carboxylic acids is 3. The molecule has 1 saturated heterocycles. The van der Waals surface area contributed by atoms with Gasteiger partial charge in [-0.2, -0.15) is 0 Å². The number of carbonyl (C=O) groups is 3. The zero-order valence-electron chi connectivity index (χ0n) is 22.8. The minimum atomic E-state index is -0.858. The molecule has 2 atom stereocenters. The molecule has 0 radical (unpaired) electrons. The quantitative estimate of drug-likeness (QED) is 0.212. The van der Waals surface area contributed by atoms with Crippen molar-refractivity contribution in [3.05, 3.63) is 119 Å². The van der Waals surface area contributed by atoms with Gasteiger partial charge in [-0.1, -0.05) is 65.8 Å². The Hall–Kier alpha value is -4.61. The van der Waals surface area contributed by atoms with Crippen LogP contribution in [0.4, 0.5) is 20.6 Å². The summed E-state index contributed by atoms with van der Waals surface area (Å²) < 4.78 is 24.3. The van der Waals surface area contributed by atoms with Crippen molar-refractivity contribution >= 4 is 57.8 Å². The Balaban J connectivity index is 1.23. The Labute approximate surface area is 256 Å². The number of amides is 3. The van der Waals surface area contributed by atoms with Gasteiger partial charge in [-0.15, -0.1) is 0 Å². The Morgan fingerprint density at radius 1 is 1.09 bits per heavy atom. The maximum absolute atomic E-state index is 13.7. The maximum Gasteiger partial charge on any atom is 0.408 e. The molecule has 0 saturated carbocycles. The topological polar surface area (TPSA) is 113 Å². The molecule has 3 amide bonds. The van der Waals surface area contributed by atoms with Gasteiger partial charge >= 0.3 is 6.09 Å². The number of anilines is 1. The van der Waals surface area contributed by atoms with Crippen LogP contribution in [0.25, 0.3) is 0 Å². The van der Waals surface area contributed by atoms with Gasteiger partial charge in [0.05, 0.1) is 23.5 Å². The molecule has 4 aromatic rings. The van der Waals surface area contributed by atoms with Gasteiger partial charge in [0.25, 0.3) is 0 Å². The van der Waals surface area contributed by atoms with E-state index in [0.717, 1.165) is 5.56 Å². The van der Waals surface area contributed by atoms with Crippen molar-refractivity contribution in [2.24, 2.45) is 4.99 Å². The standard InChI is InChI=1S/C31H26ClFN4O5S/c1-19(34-31(40)42-18-20-6-3-2-4-7-20)28(38)35-22-11-9-21(10-12-22)27-29(39)37(17-24-8-5-15-41-24)30(43-27)36-23-13-14-26(33)25(32)16-23/h2-16,19,27H,17-18H2,1H3,(H,34,40)(H,35,38)/b36-30-/t19-,27?/m0/s1. The van der Waals surface area contributed by atoms with E-state index in [0.29, 0.717) is 27.9 Å². The number of amidine groups is 1. The molecule has 220 valence electrons. The lowest BCUT2D eigenvalue weighted by Gasteiger charge is -2.16. The third-order valence-electron chi connectivity index (χ3n) is 6.39. The molecule has 1 aliphatic heterocycles. The molecule has 0 aliphatic carbocycles. The molecular weight excluding hydrogens is 595 g/mol. The van der Waals surface area contributed by atoms with Crippen LogP contribution in [0, 0.1) is 5.82 Å². The number of furan rings is 1. The number of benzene rings is 3. The summed E-state index contributed by atoms with van der Waals surface area (Å²) in [5, 5.41) is 4.98. The van der Waals surface area contributed by atoms with Crippen molar-refractivity contribution < 1.29 is 27.9 Å². The third-order valence-corrected chi connectivity index (χ3v) is 7.91. The number of aliphatic imine (C=N–C) groups is 1. The number of thioether (sulfide) groups is 1. The van der Waals surface area contributed by atoms with E-state index in [4.69, 9.17) is 20.8 Å². The summed E-state index contributed by atoms with van der Waals surface area (Å²) in [7, 11) is 0. The van der Waals surface area contributed by atoms with E-state index in [-0.39, 0.29) is 24.1 Å². The predicted octanol–water partition coefficient (Wildman–Crippen LogP) is 6.83. The maximum atomic E-state index is 13.7. The van der Waals surface area contributed by atoms with Crippen molar-refractivity contribution in [1.82, 2.24) is 10.2 Å². The minimum absolute atomic E-state index is 0.0726. The summed E-state index contributed by atoms with van der Waals surface area (Å²) in [4.78, 5) is 44.4. The van der Waals surface area contributed by atoms with Gasteiger partial charge in [0.2, 0.25) is 11.8 Å². The lowest BCUT2D eigenvalue weighted by Crippen LogP contribution is -2.41. The number of ether oxygens (including phenoxy) is 1. The van der Waals surface area contributed by atoms with Crippen LogP contribution in [-0.2, 0) is 27.5 Å². The fourth-order valence-corrected chi connectivity index (χ4v) is 5.47. The smallest absolute Gasteiger partial charge is 0.408 e. The average Bonchev–Trinajstić information content (AvgIpc) is 3.63. The lowest BCUT2D eigenvalue weighted by molar-refractivity contribution is -0.126. The fraction of sp³-hybridized carbons (Fsp3) is 0.161. The zero-order valence-corrected chi connectivity index (χ0v) is 24.4. The van der Waals surface area contributed by atoms with Crippen LogP contribution in [0.5, 0.6) is 0 Å². The first kappa shape index (κ1) is 29.9. The van der Waals surface area contributed by atoms with E-state index in [1.54, 1.807) is 43.3 Å². The molecule has 0 bridgehead atoms. The lowest BCUT2D eigenvalue weighted by atomic mass is 10.1. The van der Waals surface area contributed by atoms with Gasteiger partial charge in [0.15, 0.2) is 5.17 Å². The van der Waals surface area contributed by atoms with Crippen molar-refractivity contribution in [2.75, 3.05) is 5.32 Å². The highest BCUT2D eigenvalue weighted by Crippen LogP contribution is 2.41. The number of nitrogens with zero attached hydrogens (tertiary/aromatic N) is 2. The van der Waals surface area contributed by atoms with Gasteiger partial charge < -0.3 is 19.8 Å². The molecular formula is C31H26ClFN4O5S. The number of hydrogen-bond acceptors (Lipinski definition) is 7. The SMILES string of the molecule is C[C@H](NC(=O)OCc1ccccc1)C(=O)Nc1ccc(C2S/C(=N\c3ccc(F)c(Cl)c3)N(Cc3ccco3)C2=O)cc1. The van der Waals surface area contributed by atoms with Crippen LogP contribution in [0.2, 0.25) is 5.02 Å². The first-order valence-electron chi connectivity index (χ1n) is 13.2. The van der Waals surface area contributed by atoms with E-state index in [1.807, 2.05) is 30.3 Å². The Bertz CT molecular complexity index is 1630. The molecule has 43 heavy (non-hydrogen) atoms. The summed E-state index contributed by atoms with van der Waals surface area (Å²) in [6.45, 7) is 1.80. The molecule has 9 nitrogen and oxygen atoms in total. The highest BCUT2D eigenvalue weighted by atomic mass is 35.5. The molecule has 1 fully saturated rings. The highest BCUT2D eigenvalue weighted by Gasteiger charge is 2.39. The predicted molar refractivity (Wildman–Crippen MR) is 162 cm³/mol. The number of alkyl carbamates (subject to hydrolysis) is 1. The van der Waals surface area contributed by atoms with E-state index in [2.05, 4.69) is 15.6 Å². The minimum Gasteiger partial charge on any atom is -0.467 e. The molecule has 2 heterocycles. The summed E-state index contributed by atoms with van der Waals surface area (Å²) in [5.41, 5.74) is 2.40. The molecule has 3 aromatic carbocycles. The van der Waals surface area contributed by atoms with Crippen LogP contribution in [-0.4, -0.2) is 34.0 Å². The van der Waals surface area contributed by atoms with Crippen LogP contribution in [0.3, 0.4) is 0 Å². The van der Waals surface area contributed by atoms with Crippen LogP contribution in [0.1, 0.15) is 29.1 Å². The van der Waals surface area contributed by atoms with Gasteiger partial charge in [-0.3, -0.25) is 14.5 Å². The third kappa shape index (κ3) is 7.62. The highest BCUT2D eigenvalue weighted by molar-refractivity contribution is 8.15. The second-order valence-corrected chi connectivity index (χ2v) is 11.0. The van der Waals surface area contributed by atoms with Crippen molar-refractivity contribution in [1.29, 1.82) is 0 Å². The largest absolute Gasteiger partial charge is 0.467 e. The molecule has 1 unspecified atom stereocenters. The average molecular weight is 621 g/mol. The van der Waals surface area contributed by atoms with Crippen molar-refractivity contribution in [3.8, 4) is 0 Å². The summed E-state index contributed by atoms with van der Waals surface area (Å²) in [6, 6.07) is 22.7. The Morgan fingerprint density at radius 2 is 1.86 bits per heavy atom. The van der Waals surface area contributed by atoms with Gasteiger partial charge in [0, 0.05) is 5.69 Å². The van der Waals surface area contributed by atoms with Crippen LogP contribution >= 0.6 is 23.4 Å². The van der Waals surface area contributed by atoms with Crippen LogP contribution in [0.15, 0.2) is 101 Å². The van der Waals surface area contributed by atoms with Gasteiger partial charge in [-0.05, 0) is 60.5 Å². The van der Waals surface area contributed by atoms with Crippen molar-refractivity contribution in [3.63, 3.8) is 0 Å². The molecule has 5 rings (SSSR count). The zero-order chi connectivity index (χ0) is 30.3. The molecule has 1 aromatic heterocycles. The number of rotatable bonds is 9. The molecule has 2 N–H and O–H groups in total. The van der Waals surface area contributed by atoms with Crippen LogP contribution < -0.4 is 10.6 Å². The summed E-state index contributed by atoms with van der Waals surface area (Å²) in [5.74, 6) is -0.639. The molecule has 1 aliphatic rings. The summed E-state index contributed by atoms with van der Waals surface area (Å²) in [6.07, 6.45) is 0.812. The fourth-order valence-electron chi connectivity index (χ4n) is 4.12. The summed E-state index contributed by atoms with van der Waals surface area (Å²) >= 11 is 7.17. The van der Waals surface area contributed by atoms with Gasteiger partial charge in [0.1, 0.15) is 29.5 Å². The number of halogens is 2. The number of nitrogens with one attached hydrogen (secondary N) is 2. The van der Waals surface area contributed by atoms with E-state index >= 15 is 0 Å². The first-order valence-corrected chi connectivity index (χ1v) is 14.4. The second kappa shape index (κ2) is 13.6. The van der Waals surface area contributed by atoms with E-state index < -0.39 is 29.1 Å². The Morgan fingerprint density at radius 3 is 2.56 bits per heavy atom. The first-order chi connectivity index (χ1) is 20.8. The number of hydrogen-bond donors (Lipinski definition) is 2. The normalized spacial score (nSPS) is 16.3. The van der Waals surface area contributed by atoms with E-state index in [9.17, 15) is 18.8 Å². The monoisotopic (exact) mass is 620 g/mol. The second-order valence-electron chi connectivity index (χ2n) is 9.53. The van der Waals surface area contributed by atoms with Crippen molar-refractivity contribution in [2.45, 2.75) is 31.4 Å². The van der Waals surface area contributed by atoms with E-state index in [1.165, 1.54) is 41.1 Å².